The molecule has 0 unspecified atom stereocenters. The Kier molecular flexibility index (Phi) is 4.74. The molecule has 1 aliphatic rings. The quantitative estimate of drug-likeness (QED) is 0.680. The molecule has 1 fully saturated rings. The molecule has 3 aromatic rings. The van der Waals surface area contributed by atoms with Crippen LogP contribution >= 0.6 is 11.6 Å². The van der Waals surface area contributed by atoms with Gasteiger partial charge in [-0.3, -0.25) is 0 Å². The molecule has 4 rings (SSSR count). The van der Waals surface area contributed by atoms with E-state index in [2.05, 4.69) is 10.3 Å². The van der Waals surface area contributed by atoms with Crippen LogP contribution in [0.3, 0.4) is 0 Å². The van der Waals surface area contributed by atoms with Gasteiger partial charge in [0, 0.05) is 36.7 Å². The van der Waals surface area contributed by atoms with E-state index in [9.17, 15) is 13.2 Å². The predicted octanol–water partition coefficient (Wildman–Crippen LogP) is 4.71. The fraction of sp³-hybridized carbons (Fsp3) is 0.316. The van der Waals surface area contributed by atoms with Gasteiger partial charge in [-0.1, -0.05) is 17.7 Å². The Hall–Kier alpha value is -2.25. The lowest BCUT2D eigenvalue weighted by molar-refractivity contribution is -0.137. The number of nitrogens with one attached hydrogen (secondary N) is 1. The van der Waals surface area contributed by atoms with Gasteiger partial charge in [-0.05, 0) is 37.1 Å². The number of halogens is 4. The highest BCUT2D eigenvalue weighted by Crippen LogP contribution is 2.37. The standard InChI is InChI=1S/C19H17ClF3N3O/c20-17-4-3-14(10-16(17)19(21,22)23)27-15-8-13(9-15)25-11-12-2-1-6-26-7-5-24-18(12)26/h1-7,10,13,15,25H,8-9,11H2. The number of hydrogen-bond donors (Lipinski definition) is 1. The first-order valence-corrected chi connectivity index (χ1v) is 8.95. The fourth-order valence-corrected chi connectivity index (χ4v) is 3.44. The van der Waals surface area contributed by atoms with Crippen LogP contribution in [0.25, 0.3) is 5.65 Å². The average Bonchev–Trinajstić information content (AvgIpc) is 3.06. The van der Waals surface area contributed by atoms with Gasteiger partial charge in [-0.25, -0.2) is 4.98 Å². The molecule has 8 heteroatoms. The smallest absolute Gasteiger partial charge is 0.417 e. The topological polar surface area (TPSA) is 38.6 Å². The lowest BCUT2D eigenvalue weighted by Gasteiger charge is -2.36. The molecule has 4 nitrogen and oxygen atoms in total. The van der Waals surface area contributed by atoms with Crippen molar-refractivity contribution >= 4 is 17.2 Å². The maximum absolute atomic E-state index is 12.9. The first-order chi connectivity index (χ1) is 12.9. The van der Waals surface area contributed by atoms with E-state index in [-0.39, 0.29) is 22.9 Å². The highest BCUT2D eigenvalue weighted by atomic mass is 35.5. The van der Waals surface area contributed by atoms with Crippen molar-refractivity contribution in [2.75, 3.05) is 0 Å². The molecule has 0 spiro atoms. The number of alkyl halides is 3. The second-order valence-electron chi connectivity index (χ2n) is 6.62. The summed E-state index contributed by atoms with van der Waals surface area (Å²) < 4.78 is 46.4. The first-order valence-electron chi connectivity index (χ1n) is 8.57. The van der Waals surface area contributed by atoms with Crippen LogP contribution in [0.5, 0.6) is 5.75 Å². The number of pyridine rings is 1. The van der Waals surface area contributed by atoms with Crippen LogP contribution in [0, 0.1) is 0 Å². The molecule has 1 aromatic carbocycles. The Balaban J connectivity index is 1.31. The van der Waals surface area contributed by atoms with Crippen molar-refractivity contribution in [1.29, 1.82) is 0 Å². The molecule has 1 N–H and O–H groups in total. The van der Waals surface area contributed by atoms with Crippen LogP contribution in [0.2, 0.25) is 5.02 Å². The number of aromatic nitrogens is 2. The number of fused-ring (bicyclic) bond motifs is 1. The van der Waals surface area contributed by atoms with Gasteiger partial charge in [-0.2, -0.15) is 13.2 Å². The van der Waals surface area contributed by atoms with Crippen molar-refractivity contribution in [3.8, 4) is 5.75 Å². The van der Waals surface area contributed by atoms with Gasteiger partial charge >= 0.3 is 6.18 Å². The van der Waals surface area contributed by atoms with Gasteiger partial charge in [0.2, 0.25) is 0 Å². The third-order valence-electron chi connectivity index (χ3n) is 4.72. The average molecular weight is 396 g/mol. The van der Waals surface area contributed by atoms with Gasteiger partial charge in [0.25, 0.3) is 0 Å². The number of rotatable bonds is 5. The van der Waals surface area contributed by atoms with Crippen molar-refractivity contribution in [3.05, 3.63) is 65.1 Å². The summed E-state index contributed by atoms with van der Waals surface area (Å²) in [4.78, 5) is 4.34. The Labute approximate surface area is 158 Å². The Bertz CT molecular complexity index is 951. The van der Waals surface area contributed by atoms with Gasteiger partial charge in [0.15, 0.2) is 0 Å². The molecule has 0 aliphatic heterocycles. The largest absolute Gasteiger partial charge is 0.490 e. The highest BCUT2D eigenvalue weighted by Gasteiger charge is 2.35. The molecular weight excluding hydrogens is 379 g/mol. The monoisotopic (exact) mass is 395 g/mol. The lowest BCUT2D eigenvalue weighted by atomic mass is 9.89. The number of imidazole rings is 1. The Morgan fingerprint density at radius 1 is 1.22 bits per heavy atom. The summed E-state index contributed by atoms with van der Waals surface area (Å²) in [5.74, 6) is 0.192. The van der Waals surface area contributed by atoms with E-state index in [1.54, 1.807) is 6.20 Å². The number of nitrogens with zero attached hydrogens (tertiary/aromatic N) is 2. The summed E-state index contributed by atoms with van der Waals surface area (Å²) in [6, 6.07) is 7.91. The van der Waals surface area contributed by atoms with E-state index < -0.39 is 11.7 Å². The zero-order valence-corrected chi connectivity index (χ0v) is 15.0. The summed E-state index contributed by atoms with van der Waals surface area (Å²) in [6.45, 7) is 0.678. The fourth-order valence-electron chi connectivity index (χ4n) is 3.22. The van der Waals surface area contributed by atoms with E-state index in [0.717, 1.165) is 30.1 Å². The third-order valence-corrected chi connectivity index (χ3v) is 5.05. The molecule has 0 amide bonds. The van der Waals surface area contributed by atoms with Gasteiger partial charge in [0.05, 0.1) is 10.6 Å². The molecular formula is C19H17ClF3N3O. The van der Waals surface area contributed by atoms with E-state index in [1.807, 2.05) is 28.9 Å². The molecule has 0 bridgehead atoms. The molecule has 2 heterocycles. The van der Waals surface area contributed by atoms with Gasteiger partial charge in [0.1, 0.15) is 17.5 Å². The minimum atomic E-state index is -4.49. The Morgan fingerprint density at radius 3 is 2.81 bits per heavy atom. The molecule has 142 valence electrons. The zero-order valence-electron chi connectivity index (χ0n) is 14.2. The summed E-state index contributed by atoms with van der Waals surface area (Å²) in [5.41, 5.74) is 1.14. The van der Waals surface area contributed by atoms with Gasteiger partial charge < -0.3 is 14.5 Å². The normalized spacial score (nSPS) is 19.9. The van der Waals surface area contributed by atoms with Crippen LogP contribution in [0.4, 0.5) is 13.2 Å². The lowest BCUT2D eigenvalue weighted by Crippen LogP contribution is -2.46. The molecule has 2 aromatic heterocycles. The van der Waals surface area contributed by atoms with Gasteiger partial charge in [-0.15, -0.1) is 0 Å². The van der Waals surface area contributed by atoms with E-state index in [0.29, 0.717) is 6.54 Å². The van der Waals surface area contributed by atoms with Crippen LogP contribution in [-0.2, 0) is 12.7 Å². The van der Waals surface area contributed by atoms with Crippen molar-refractivity contribution in [2.45, 2.75) is 37.7 Å². The molecule has 1 aliphatic carbocycles. The maximum Gasteiger partial charge on any atom is 0.417 e. The van der Waals surface area contributed by atoms with Crippen LogP contribution in [-0.4, -0.2) is 21.5 Å². The molecule has 0 saturated heterocycles. The second-order valence-corrected chi connectivity index (χ2v) is 7.03. The van der Waals surface area contributed by atoms with Crippen molar-refractivity contribution < 1.29 is 17.9 Å². The maximum atomic E-state index is 12.9. The van der Waals surface area contributed by atoms with Crippen LogP contribution < -0.4 is 10.1 Å². The summed E-state index contributed by atoms with van der Waals surface area (Å²) in [5, 5.41) is 3.12. The first kappa shape index (κ1) is 18.1. The van der Waals surface area contributed by atoms with Crippen LogP contribution in [0.1, 0.15) is 24.0 Å². The molecule has 27 heavy (non-hydrogen) atoms. The minimum absolute atomic E-state index is 0.105. The number of ether oxygens (including phenoxy) is 1. The SMILES string of the molecule is FC(F)(F)c1cc(OC2CC(NCc3cccn4ccnc34)C2)ccc1Cl. The predicted molar refractivity (Wildman–Crippen MR) is 95.9 cm³/mol. The molecule has 0 atom stereocenters. The summed E-state index contributed by atoms with van der Waals surface area (Å²) in [7, 11) is 0. The highest BCUT2D eigenvalue weighted by molar-refractivity contribution is 6.31. The molecule has 1 saturated carbocycles. The second kappa shape index (κ2) is 7.05. The molecule has 0 radical (unpaired) electrons. The number of benzene rings is 1. The van der Waals surface area contributed by atoms with Crippen molar-refractivity contribution in [3.63, 3.8) is 0 Å². The summed E-state index contributed by atoms with van der Waals surface area (Å²) >= 11 is 5.63. The van der Waals surface area contributed by atoms with E-state index >= 15 is 0 Å². The Morgan fingerprint density at radius 2 is 2.04 bits per heavy atom. The minimum Gasteiger partial charge on any atom is -0.490 e. The summed E-state index contributed by atoms with van der Waals surface area (Å²) in [6.07, 6.45) is 2.48. The van der Waals surface area contributed by atoms with Crippen molar-refractivity contribution in [1.82, 2.24) is 14.7 Å². The van der Waals surface area contributed by atoms with Crippen LogP contribution in [0.15, 0.2) is 48.9 Å². The third kappa shape index (κ3) is 3.89. The van der Waals surface area contributed by atoms with E-state index in [4.69, 9.17) is 16.3 Å². The van der Waals surface area contributed by atoms with E-state index in [1.165, 1.54) is 12.1 Å². The number of hydrogen-bond acceptors (Lipinski definition) is 3. The zero-order chi connectivity index (χ0) is 19.0. The van der Waals surface area contributed by atoms with Crippen molar-refractivity contribution in [2.24, 2.45) is 0 Å².